The second-order valence-electron chi connectivity index (χ2n) is 9.49. The van der Waals surface area contributed by atoms with Crippen molar-refractivity contribution in [2.45, 2.75) is 91.7 Å². The summed E-state index contributed by atoms with van der Waals surface area (Å²) in [6, 6.07) is 11.2. The van der Waals surface area contributed by atoms with E-state index in [0.717, 1.165) is 17.8 Å². The molecule has 2 aromatic rings. The van der Waals surface area contributed by atoms with Crippen LogP contribution in [0.15, 0.2) is 30.3 Å². The highest BCUT2D eigenvalue weighted by atomic mass is 28.3. The molecule has 2 rings (SSSR count). The van der Waals surface area contributed by atoms with Crippen LogP contribution in [0, 0.1) is 12.3 Å². The van der Waals surface area contributed by atoms with E-state index in [0.29, 0.717) is 5.92 Å². The van der Waals surface area contributed by atoms with Crippen molar-refractivity contribution in [1.29, 1.82) is 0 Å². The van der Waals surface area contributed by atoms with Crippen molar-refractivity contribution in [3.05, 3.63) is 41.6 Å². The maximum atomic E-state index is 5.72. The number of pyridine rings is 1. The van der Waals surface area contributed by atoms with Gasteiger partial charge in [-0.3, -0.25) is 4.98 Å². The summed E-state index contributed by atoms with van der Waals surface area (Å²) in [7, 11) is -0.506. The number of rotatable bonds is 11. The van der Waals surface area contributed by atoms with Crippen molar-refractivity contribution < 1.29 is 4.43 Å². The van der Waals surface area contributed by atoms with Crippen molar-refractivity contribution in [1.82, 2.24) is 4.98 Å². The minimum Gasteiger partial charge on any atom is -0.417 e. The molecule has 0 aliphatic heterocycles. The molecular weight excluding hydrogens is 358 g/mol. The summed E-state index contributed by atoms with van der Waals surface area (Å²) in [6.07, 6.45) is 9.16. The third kappa shape index (κ3) is 7.67. The molecule has 0 amide bonds. The average molecular weight is 399 g/mol. The molecule has 155 valence electrons. The first-order chi connectivity index (χ1) is 13.3. The van der Waals surface area contributed by atoms with Crippen LogP contribution in [0.4, 0.5) is 0 Å². The second-order valence-corrected chi connectivity index (χ2v) is 11.6. The molecule has 0 spiro atoms. The fourth-order valence-electron chi connectivity index (χ4n) is 3.99. The first-order valence-electron chi connectivity index (χ1n) is 11.1. The van der Waals surface area contributed by atoms with E-state index in [9.17, 15) is 0 Å². The zero-order valence-electron chi connectivity index (χ0n) is 19.0. The zero-order chi connectivity index (χ0) is 20.6. The first-order valence-corrected chi connectivity index (χ1v) is 13.5. The predicted octanol–water partition coefficient (Wildman–Crippen LogP) is 7.67. The van der Waals surface area contributed by atoms with Crippen LogP contribution in [0.2, 0.25) is 13.1 Å². The summed E-state index contributed by atoms with van der Waals surface area (Å²) in [5, 5.41) is 1.24. The second kappa shape index (κ2) is 11.1. The highest BCUT2D eigenvalue weighted by molar-refractivity contribution is 6.48. The molecule has 0 aliphatic carbocycles. The highest BCUT2D eigenvalue weighted by Crippen LogP contribution is 2.39. The molecule has 0 saturated heterocycles. The van der Waals surface area contributed by atoms with Gasteiger partial charge in [-0.15, -0.1) is 0 Å². The monoisotopic (exact) mass is 398 g/mol. The summed E-state index contributed by atoms with van der Waals surface area (Å²) in [5.74, 6) is 0.585. The Morgan fingerprint density at radius 2 is 1.57 bits per heavy atom. The van der Waals surface area contributed by atoms with Gasteiger partial charge in [-0.2, -0.15) is 0 Å². The van der Waals surface area contributed by atoms with Crippen LogP contribution >= 0.6 is 0 Å². The molecule has 1 unspecified atom stereocenters. The lowest BCUT2D eigenvalue weighted by Crippen LogP contribution is -2.18. The molecule has 0 N–H and O–H groups in total. The Balaban J connectivity index is 1.84. The third-order valence-electron chi connectivity index (χ3n) is 5.58. The Kier molecular flexibility index (Phi) is 9.16. The fourth-order valence-corrected chi connectivity index (χ4v) is 4.54. The third-order valence-corrected chi connectivity index (χ3v) is 6.36. The van der Waals surface area contributed by atoms with Gasteiger partial charge in [-0.25, -0.2) is 0 Å². The lowest BCUT2D eigenvalue weighted by atomic mass is 9.73. The molecule has 0 bridgehead atoms. The molecule has 0 saturated carbocycles. The van der Waals surface area contributed by atoms with E-state index in [-0.39, 0.29) is 5.41 Å². The molecule has 1 aromatic heterocycles. The summed E-state index contributed by atoms with van der Waals surface area (Å²) in [6.45, 7) is 14.6. The topological polar surface area (TPSA) is 22.1 Å². The standard InChI is InChI=1S/C25H40NOSi/c1-20-14-15-21-16-17-22(19-24(21)26-20)23(25(2,3)4)13-11-9-7-8-10-12-18-27-28(5)6/h14-17,19,23H,7-13,18H2,1-6H3. The maximum absolute atomic E-state index is 5.72. The Morgan fingerprint density at radius 3 is 2.25 bits per heavy atom. The molecule has 1 heterocycles. The number of unbranched alkanes of at least 4 members (excludes halogenated alkanes) is 5. The number of benzene rings is 1. The number of fused-ring (bicyclic) bond motifs is 1. The van der Waals surface area contributed by atoms with Gasteiger partial charge in [0.25, 0.3) is 0 Å². The van der Waals surface area contributed by atoms with E-state index >= 15 is 0 Å². The maximum Gasteiger partial charge on any atom is 0.204 e. The molecule has 2 nitrogen and oxygen atoms in total. The van der Waals surface area contributed by atoms with Crippen LogP contribution < -0.4 is 0 Å². The van der Waals surface area contributed by atoms with Gasteiger partial charge in [-0.05, 0) is 61.9 Å². The van der Waals surface area contributed by atoms with Crippen LogP contribution in [0.1, 0.15) is 82.9 Å². The minimum atomic E-state index is -0.506. The van der Waals surface area contributed by atoms with Gasteiger partial charge in [-0.1, -0.05) is 71.1 Å². The predicted molar refractivity (Wildman–Crippen MR) is 124 cm³/mol. The van der Waals surface area contributed by atoms with Crippen LogP contribution in [0.25, 0.3) is 10.9 Å². The van der Waals surface area contributed by atoms with E-state index < -0.39 is 9.04 Å². The molecule has 0 aliphatic rings. The van der Waals surface area contributed by atoms with E-state index in [1.165, 1.54) is 55.9 Å². The van der Waals surface area contributed by atoms with Gasteiger partial charge < -0.3 is 4.43 Å². The number of aromatic nitrogens is 1. The van der Waals surface area contributed by atoms with E-state index in [1.807, 2.05) is 0 Å². The Morgan fingerprint density at radius 1 is 0.929 bits per heavy atom. The molecule has 1 aromatic carbocycles. The normalized spacial score (nSPS) is 13.4. The molecule has 1 radical (unpaired) electrons. The lowest BCUT2D eigenvalue weighted by molar-refractivity contribution is 0.295. The van der Waals surface area contributed by atoms with Crippen LogP contribution in [0.3, 0.4) is 0 Å². The number of hydrogen-bond acceptors (Lipinski definition) is 2. The number of hydrogen-bond donors (Lipinski definition) is 0. The van der Waals surface area contributed by atoms with E-state index in [1.54, 1.807) is 0 Å². The van der Waals surface area contributed by atoms with Crippen LogP contribution in [0.5, 0.6) is 0 Å². The molecule has 1 atom stereocenters. The van der Waals surface area contributed by atoms with Gasteiger partial charge in [0.05, 0.1) is 5.52 Å². The van der Waals surface area contributed by atoms with Crippen molar-refractivity contribution in [2.75, 3.05) is 6.61 Å². The van der Waals surface area contributed by atoms with Crippen molar-refractivity contribution in [3.8, 4) is 0 Å². The molecule has 0 fully saturated rings. The molecule has 28 heavy (non-hydrogen) atoms. The Bertz CT molecular complexity index is 720. The number of aryl methyl sites for hydroxylation is 1. The molecule has 3 heteroatoms. The van der Waals surface area contributed by atoms with Gasteiger partial charge in [0.2, 0.25) is 9.04 Å². The Labute approximate surface area is 174 Å². The highest BCUT2D eigenvalue weighted by Gasteiger charge is 2.26. The largest absolute Gasteiger partial charge is 0.417 e. The van der Waals surface area contributed by atoms with E-state index in [2.05, 4.69) is 71.1 Å². The Hall–Kier alpha value is -1.19. The zero-order valence-corrected chi connectivity index (χ0v) is 20.0. The van der Waals surface area contributed by atoms with Gasteiger partial charge >= 0.3 is 0 Å². The first kappa shape index (κ1) is 23.1. The van der Waals surface area contributed by atoms with E-state index in [4.69, 9.17) is 9.41 Å². The van der Waals surface area contributed by atoms with Crippen molar-refractivity contribution in [2.24, 2.45) is 5.41 Å². The summed E-state index contributed by atoms with van der Waals surface area (Å²) < 4.78 is 5.72. The lowest BCUT2D eigenvalue weighted by Gasteiger charge is -2.31. The van der Waals surface area contributed by atoms with Crippen LogP contribution in [-0.4, -0.2) is 20.6 Å². The van der Waals surface area contributed by atoms with Gasteiger partial charge in [0, 0.05) is 17.7 Å². The SMILES string of the molecule is Cc1ccc2ccc(C(CCCCCCCCO[Si](C)C)C(C)(C)C)cc2n1. The minimum absolute atomic E-state index is 0.272. The molecular formula is C25H40NOSi. The summed E-state index contributed by atoms with van der Waals surface area (Å²) in [4.78, 5) is 4.75. The van der Waals surface area contributed by atoms with Gasteiger partial charge in [0.1, 0.15) is 0 Å². The van der Waals surface area contributed by atoms with Crippen molar-refractivity contribution in [3.63, 3.8) is 0 Å². The van der Waals surface area contributed by atoms with Crippen LogP contribution in [-0.2, 0) is 4.43 Å². The fraction of sp³-hybridized carbons (Fsp3) is 0.640. The quantitative estimate of drug-likeness (QED) is 0.286. The van der Waals surface area contributed by atoms with Crippen molar-refractivity contribution >= 4 is 19.9 Å². The number of nitrogens with zero attached hydrogens (tertiary/aromatic N) is 1. The average Bonchev–Trinajstić information content (AvgIpc) is 2.61. The van der Waals surface area contributed by atoms with Gasteiger partial charge in [0.15, 0.2) is 0 Å². The summed E-state index contributed by atoms with van der Waals surface area (Å²) >= 11 is 0. The smallest absolute Gasteiger partial charge is 0.204 e. The summed E-state index contributed by atoms with van der Waals surface area (Å²) in [5.41, 5.74) is 3.95.